The standard InChI is InChI=1S/C16H18N2O3/c1-20-14-7-6-13(9-15(14)21-2)18-16(19)12-5-3-4-11(8-12)10-17/h3-9H,10,17H2,1-2H3,(H,18,19). The van der Waals surface area contributed by atoms with Crippen LogP contribution in [0.2, 0.25) is 0 Å². The highest BCUT2D eigenvalue weighted by molar-refractivity contribution is 6.04. The summed E-state index contributed by atoms with van der Waals surface area (Å²) < 4.78 is 10.4. The summed E-state index contributed by atoms with van der Waals surface area (Å²) in [6.07, 6.45) is 0. The Morgan fingerprint density at radius 2 is 1.86 bits per heavy atom. The lowest BCUT2D eigenvalue weighted by Gasteiger charge is -2.11. The van der Waals surface area contributed by atoms with Crippen molar-refractivity contribution in [1.82, 2.24) is 0 Å². The Morgan fingerprint density at radius 1 is 1.10 bits per heavy atom. The van der Waals surface area contributed by atoms with Gasteiger partial charge in [-0.1, -0.05) is 12.1 Å². The second-order valence-electron chi connectivity index (χ2n) is 4.43. The molecule has 110 valence electrons. The summed E-state index contributed by atoms with van der Waals surface area (Å²) in [5.41, 5.74) is 7.69. The summed E-state index contributed by atoms with van der Waals surface area (Å²) in [5, 5.41) is 2.82. The zero-order chi connectivity index (χ0) is 15.2. The molecule has 0 heterocycles. The Morgan fingerprint density at radius 3 is 2.52 bits per heavy atom. The van der Waals surface area contributed by atoms with Gasteiger partial charge in [-0.05, 0) is 29.8 Å². The smallest absolute Gasteiger partial charge is 0.255 e. The lowest BCUT2D eigenvalue weighted by atomic mass is 10.1. The fourth-order valence-corrected chi connectivity index (χ4v) is 1.96. The van der Waals surface area contributed by atoms with Crippen LogP contribution in [0.4, 0.5) is 5.69 Å². The Labute approximate surface area is 123 Å². The van der Waals surface area contributed by atoms with Crippen LogP contribution in [0.5, 0.6) is 11.5 Å². The maximum Gasteiger partial charge on any atom is 0.255 e. The van der Waals surface area contributed by atoms with E-state index in [2.05, 4.69) is 5.32 Å². The van der Waals surface area contributed by atoms with E-state index in [0.29, 0.717) is 29.3 Å². The molecule has 0 aliphatic carbocycles. The number of nitrogens with two attached hydrogens (primary N) is 1. The van der Waals surface area contributed by atoms with E-state index in [1.165, 1.54) is 0 Å². The maximum absolute atomic E-state index is 12.2. The van der Waals surface area contributed by atoms with Crippen LogP contribution >= 0.6 is 0 Å². The van der Waals surface area contributed by atoms with Crippen LogP contribution in [0.25, 0.3) is 0 Å². The van der Waals surface area contributed by atoms with E-state index in [-0.39, 0.29) is 5.91 Å². The Bertz CT molecular complexity index is 641. The molecule has 21 heavy (non-hydrogen) atoms. The molecule has 3 N–H and O–H groups in total. The van der Waals surface area contributed by atoms with E-state index in [0.717, 1.165) is 5.56 Å². The molecular weight excluding hydrogens is 268 g/mol. The molecule has 0 bridgehead atoms. The van der Waals surface area contributed by atoms with Crippen molar-refractivity contribution in [2.75, 3.05) is 19.5 Å². The third kappa shape index (κ3) is 3.52. The van der Waals surface area contributed by atoms with Gasteiger partial charge in [-0.2, -0.15) is 0 Å². The Hall–Kier alpha value is -2.53. The number of hydrogen-bond donors (Lipinski definition) is 2. The van der Waals surface area contributed by atoms with E-state index in [4.69, 9.17) is 15.2 Å². The number of ether oxygens (including phenoxy) is 2. The topological polar surface area (TPSA) is 73.6 Å². The van der Waals surface area contributed by atoms with Gasteiger partial charge in [0.1, 0.15) is 0 Å². The molecule has 2 aromatic carbocycles. The largest absolute Gasteiger partial charge is 0.493 e. The van der Waals surface area contributed by atoms with Gasteiger partial charge in [-0.3, -0.25) is 4.79 Å². The number of carbonyl (C=O) groups excluding carboxylic acids is 1. The molecule has 0 aliphatic heterocycles. The second kappa shape index (κ2) is 6.76. The van der Waals surface area contributed by atoms with Crippen molar-refractivity contribution < 1.29 is 14.3 Å². The molecule has 0 saturated carbocycles. The van der Waals surface area contributed by atoms with Crippen molar-refractivity contribution in [2.24, 2.45) is 5.73 Å². The van der Waals surface area contributed by atoms with Crippen molar-refractivity contribution in [3.63, 3.8) is 0 Å². The molecule has 0 spiro atoms. The van der Waals surface area contributed by atoms with Crippen LogP contribution in [0.1, 0.15) is 15.9 Å². The first-order chi connectivity index (χ1) is 10.2. The van der Waals surface area contributed by atoms with Gasteiger partial charge in [-0.15, -0.1) is 0 Å². The minimum absolute atomic E-state index is 0.197. The molecule has 5 heteroatoms. The first-order valence-electron chi connectivity index (χ1n) is 6.50. The average Bonchev–Trinajstić information content (AvgIpc) is 2.54. The van der Waals surface area contributed by atoms with E-state index in [1.807, 2.05) is 12.1 Å². The lowest BCUT2D eigenvalue weighted by molar-refractivity contribution is 0.102. The summed E-state index contributed by atoms with van der Waals surface area (Å²) in [6.45, 7) is 0.400. The van der Waals surface area contributed by atoms with E-state index in [9.17, 15) is 4.79 Å². The van der Waals surface area contributed by atoms with Gasteiger partial charge in [0.05, 0.1) is 14.2 Å². The van der Waals surface area contributed by atoms with Crippen LogP contribution in [0, 0.1) is 0 Å². The minimum atomic E-state index is -0.197. The first kappa shape index (κ1) is 14.9. The van der Waals surface area contributed by atoms with Crippen molar-refractivity contribution >= 4 is 11.6 Å². The molecule has 0 atom stereocenters. The Kier molecular flexibility index (Phi) is 4.79. The minimum Gasteiger partial charge on any atom is -0.493 e. The molecule has 5 nitrogen and oxygen atoms in total. The molecule has 0 radical (unpaired) electrons. The molecule has 0 saturated heterocycles. The number of carbonyl (C=O) groups is 1. The summed E-state index contributed by atoms with van der Waals surface area (Å²) >= 11 is 0. The van der Waals surface area contributed by atoms with E-state index in [1.54, 1.807) is 44.6 Å². The van der Waals surface area contributed by atoms with E-state index >= 15 is 0 Å². The highest BCUT2D eigenvalue weighted by Gasteiger charge is 2.09. The van der Waals surface area contributed by atoms with Crippen LogP contribution < -0.4 is 20.5 Å². The quantitative estimate of drug-likeness (QED) is 0.885. The third-order valence-electron chi connectivity index (χ3n) is 3.07. The van der Waals surface area contributed by atoms with Crippen LogP contribution in [-0.2, 0) is 6.54 Å². The SMILES string of the molecule is COc1ccc(NC(=O)c2cccc(CN)c2)cc1OC. The zero-order valence-electron chi connectivity index (χ0n) is 12.1. The molecular formula is C16H18N2O3. The van der Waals surface area contributed by atoms with Gasteiger partial charge in [0.15, 0.2) is 11.5 Å². The maximum atomic E-state index is 12.2. The monoisotopic (exact) mass is 286 g/mol. The van der Waals surface area contributed by atoms with Gasteiger partial charge in [0, 0.05) is 23.9 Å². The number of methoxy groups -OCH3 is 2. The normalized spacial score (nSPS) is 10.0. The molecule has 0 aliphatic rings. The lowest BCUT2D eigenvalue weighted by Crippen LogP contribution is -2.12. The van der Waals surface area contributed by atoms with Gasteiger partial charge in [-0.25, -0.2) is 0 Å². The highest BCUT2D eigenvalue weighted by Crippen LogP contribution is 2.29. The fraction of sp³-hybridized carbons (Fsp3) is 0.188. The molecule has 2 rings (SSSR count). The molecule has 2 aromatic rings. The van der Waals surface area contributed by atoms with Crippen molar-refractivity contribution in [2.45, 2.75) is 6.54 Å². The molecule has 0 fully saturated rings. The van der Waals surface area contributed by atoms with Crippen LogP contribution in [-0.4, -0.2) is 20.1 Å². The number of amides is 1. The second-order valence-corrected chi connectivity index (χ2v) is 4.43. The van der Waals surface area contributed by atoms with Crippen LogP contribution in [0.3, 0.4) is 0 Å². The number of nitrogens with one attached hydrogen (secondary N) is 1. The Balaban J connectivity index is 2.19. The van der Waals surface area contributed by atoms with Gasteiger partial charge < -0.3 is 20.5 Å². The number of hydrogen-bond acceptors (Lipinski definition) is 4. The van der Waals surface area contributed by atoms with Gasteiger partial charge in [0.2, 0.25) is 0 Å². The van der Waals surface area contributed by atoms with Crippen LogP contribution in [0.15, 0.2) is 42.5 Å². The number of rotatable bonds is 5. The number of anilines is 1. The third-order valence-corrected chi connectivity index (χ3v) is 3.07. The summed E-state index contributed by atoms with van der Waals surface area (Å²) in [6, 6.07) is 12.4. The zero-order valence-corrected chi connectivity index (χ0v) is 12.1. The summed E-state index contributed by atoms with van der Waals surface area (Å²) in [4.78, 5) is 12.2. The molecule has 1 amide bonds. The number of benzene rings is 2. The average molecular weight is 286 g/mol. The van der Waals surface area contributed by atoms with Crippen molar-refractivity contribution in [3.8, 4) is 11.5 Å². The fourth-order valence-electron chi connectivity index (χ4n) is 1.96. The highest BCUT2D eigenvalue weighted by atomic mass is 16.5. The van der Waals surface area contributed by atoms with Gasteiger partial charge in [0.25, 0.3) is 5.91 Å². The predicted molar refractivity (Wildman–Crippen MR) is 81.8 cm³/mol. The van der Waals surface area contributed by atoms with E-state index < -0.39 is 0 Å². The summed E-state index contributed by atoms with van der Waals surface area (Å²) in [7, 11) is 3.11. The van der Waals surface area contributed by atoms with Crippen molar-refractivity contribution in [3.05, 3.63) is 53.6 Å². The molecule has 0 unspecified atom stereocenters. The first-order valence-corrected chi connectivity index (χ1v) is 6.50. The molecule has 0 aromatic heterocycles. The van der Waals surface area contributed by atoms with Gasteiger partial charge >= 0.3 is 0 Å². The van der Waals surface area contributed by atoms with Crippen molar-refractivity contribution in [1.29, 1.82) is 0 Å². The predicted octanol–water partition coefficient (Wildman–Crippen LogP) is 2.41. The summed E-state index contributed by atoms with van der Waals surface area (Å²) in [5.74, 6) is 0.976.